The molecule has 0 saturated carbocycles. The lowest BCUT2D eigenvalue weighted by Gasteiger charge is -2.37. The maximum atomic E-state index is 6.01. The van der Waals surface area contributed by atoms with Crippen LogP contribution in [0.3, 0.4) is 0 Å². The van der Waals surface area contributed by atoms with Gasteiger partial charge in [-0.05, 0) is 58.6 Å². The van der Waals surface area contributed by atoms with Crippen LogP contribution in [0, 0.1) is 0 Å². The summed E-state index contributed by atoms with van der Waals surface area (Å²) in [6, 6.07) is 4.54. The van der Waals surface area contributed by atoms with E-state index in [0.29, 0.717) is 17.6 Å². The third kappa shape index (κ3) is 4.26. The van der Waals surface area contributed by atoms with Gasteiger partial charge < -0.3 is 15.4 Å². The van der Waals surface area contributed by atoms with Crippen molar-refractivity contribution in [2.45, 2.75) is 71.4 Å². The molecular formula is C17H29N3O. The largest absolute Gasteiger partial charge is 0.470 e. The summed E-state index contributed by atoms with van der Waals surface area (Å²) < 4.78 is 5.90. The zero-order valence-electron chi connectivity index (χ0n) is 13.9. The lowest BCUT2D eigenvalue weighted by Crippen LogP contribution is -2.40. The smallest absolute Gasteiger partial charge is 0.239 e. The van der Waals surface area contributed by atoms with Gasteiger partial charge in [0.05, 0.1) is 5.69 Å². The Morgan fingerprint density at radius 2 is 2.10 bits per heavy atom. The summed E-state index contributed by atoms with van der Waals surface area (Å²) in [5.41, 5.74) is 6.34. The van der Waals surface area contributed by atoms with E-state index in [2.05, 4.69) is 11.8 Å². The van der Waals surface area contributed by atoms with Gasteiger partial charge in [-0.3, -0.25) is 0 Å². The molecule has 118 valence electrons. The van der Waals surface area contributed by atoms with Crippen molar-refractivity contribution < 1.29 is 4.74 Å². The lowest BCUT2D eigenvalue weighted by atomic mass is 9.98. The van der Waals surface area contributed by atoms with E-state index in [1.54, 1.807) is 0 Å². The standard InChI is InChI=1S/C17H29N3O/c1-5-8-13-9-6-7-12-20(13)15-11-10-14(18)16(19-15)21-17(2,3)4/h10-11,13H,5-9,12,18H2,1-4H3. The Morgan fingerprint density at radius 1 is 1.33 bits per heavy atom. The van der Waals surface area contributed by atoms with Crippen LogP contribution in [0.5, 0.6) is 5.88 Å². The third-order valence-corrected chi connectivity index (χ3v) is 3.82. The minimum Gasteiger partial charge on any atom is -0.470 e. The molecule has 2 heterocycles. The summed E-state index contributed by atoms with van der Waals surface area (Å²) in [6.45, 7) is 9.37. The molecule has 1 saturated heterocycles. The highest BCUT2D eigenvalue weighted by atomic mass is 16.5. The zero-order valence-corrected chi connectivity index (χ0v) is 13.9. The zero-order chi connectivity index (χ0) is 15.5. The fraction of sp³-hybridized carbons (Fsp3) is 0.706. The highest BCUT2D eigenvalue weighted by Gasteiger charge is 2.24. The Labute approximate surface area is 128 Å². The molecule has 0 spiro atoms. The lowest BCUT2D eigenvalue weighted by molar-refractivity contribution is 0.125. The number of nitrogens with two attached hydrogens (primary N) is 1. The number of anilines is 2. The quantitative estimate of drug-likeness (QED) is 0.911. The monoisotopic (exact) mass is 291 g/mol. The van der Waals surface area contributed by atoms with Crippen LogP contribution in [-0.4, -0.2) is 23.2 Å². The maximum absolute atomic E-state index is 6.01. The molecule has 2 rings (SSSR count). The van der Waals surface area contributed by atoms with Crippen LogP contribution in [0.1, 0.15) is 59.8 Å². The second-order valence-corrected chi connectivity index (χ2v) is 6.91. The molecule has 0 amide bonds. The number of piperidine rings is 1. The Bertz CT molecular complexity index is 466. The van der Waals surface area contributed by atoms with Gasteiger partial charge >= 0.3 is 0 Å². The Morgan fingerprint density at radius 3 is 2.76 bits per heavy atom. The van der Waals surface area contributed by atoms with Gasteiger partial charge in [0, 0.05) is 12.6 Å². The van der Waals surface area contributed by atoms with Crippen molar-refractivity contribution in [3.63, 3.8) is 0 Å². The summed E-state index contributed by atoms with van der Waals surface area (Å²) in [4.78, 5) is 7.13. The van der Waals surface area contributed by atoms with Crippen LogP contribution >= 0.6 is 0 Å². The average molecular weight is 291 g/mol. The summed E-state index contributed by atoms with van der Waals surface area (Å²) in [5, 5.41) is 0. The van der Waals surface area contributed by atoms with E-state index < -0.39 is 0 Å². The van der Waals surface area contributed by atoms with E-state index in [9.17, 15) is 0 Å². The molecule has 4 nitrogen and oxygen atoms in total. The van der Waals surface area contributed by atoms with Gasteiger partial charge in [0.1, 0.15) is 11.4 Å². The molecule has 0 aromatic carbocycles. The molecule has 1 aliphatic heterocycles. The van der Waals surface area contributed by atoms with Gasteiger partial charge in [-0.25, -0.2) is 0 Å². The first-order valence-electron chi connectivity index (χ1n) is 8.13. The van der Waals surface area contributed by atoms with Crippen molar-refractivity contribution >= 4 is 11.5 Å². The van der Waals surface area contributed by atoms with E-state index in [1.165, 1.54) is 32.1 Å². The van der Waals surface area contributed by atoms with Crippen LogP contribution < -0.4 is 15.4 Å². The Kier molecular flexibility index (Phi) is 4.96. The second-order valence-electron chi connectivity index (χ2n) is 6.91. The Balaban J connectivity index is 2.24. The van der Waals surface area contributed by atoms with Crippen LogP contribution in [0.25, 0.3) is 0 Å². The first-order chi connectivity index (χ1) is 9.90. The molecule has 1 aromatic rings. The topological polar surface area (TPSA) is 51.4 Å². The van der Waals surface area contributed by atoms with E-state index in [4.69, 9.17) is 15.5 Å². The molecule has 1 atom stereocenters. The number of nitrogens with zero attached hydrogens (tertiary/aromatic N) is 2. The predicted octanol–water partition coefficient (Wildman–Crippen LogP) is 4.00. The SMILES string of the molecule is CCCC1CCCCN1c1ccc(N)c(OC(C)(C)C)n1. The highest BCUT2D eigenvalue weighted by molar-refractivity contribution is 5.55. The van der Waals surface area contributed by atoms with Crippen molar-refractivity contribution in [3.05, 3.63) is 12.1 Å². The molecule has 1 fully saturated rings. The first kappa shape index (κ1) is 15.9. The van der Waals surface area contributed by atoms with Crippen molar-refractivity contribution in [1.82, 2.24) is 4.98 Å². The Hall–Kier alpha value is -1.45. The van der Waals surface area contributed by atoms with Gasteiger partial charge in [-0.2, -0.15) is 4.98 Å². The van der Waals surface area contributed by atoms with E-state index in [0.717, 1.165) is 12.4 Å². The molecule has 4 heteroatoms. The fourth-order valence-corrected chi connectivity index (χ4v) is 2.91. The van der Waals surface area contributed by atoms with Crippen LogP contribution in [0.2, 0.25) is 0 Å². The third-order valence-electron chi connectivity index (χ3n) is 3.82. The summed E-state index contributed by atoms with van der Waals surface area (Å²) in [6.07, 6.45) is 6.25. The van der Waals surface area contributed by atoms with Crippen molar-refractivity contribution in [2.75, 3.05) is 17.2 Å². The highest BCUT2D eigenvalue weighted by Crippen LogP contribution is 2.30. The number of nitrogen functional groups attached to an aromatic ring is 1. The number of ether oxygens (including phenoxy) is 1. The van der Waals surface area contributed by atoms with Crippen molar-refractivity contribution in [2.24, 2.45) is 0 Å². The number of hydrogen-bond acceptors (Lipinski definition) is 4. The molecule has 0 bridgehead atoms. The van der Waals surface area contributed by atoms with Gasteiger partial charge in [0.25, 0.3) is 0 Å². The van der Waals surface area contributed by atoms with Crippen LogP contribution in [0.15, 0.2) is 12.1 Å². The van der Waals surface area contributed by atoms with Crippen molar-refractivity contribution in [1.29, 1.82) is 0 Å². The fourth-order valence-electron chi connectivity index (χ4n) is 2.91. The average Bonchev–Trinajstić information content (AvgIpc) is 2.41. The van der Waals surface area contributed by atoms with Crippen LogP contribution in [-0.2, 0) is 0 Å². The predicted molar refractivity (Wildman–Crippen MR) is 88.9 cm³/mol. The molecule has 1 aromatic heterocycles. The molecule has 1 aliphatic rings. The number of pyridine rings is 1. The minimum absolute atomic E-state index is 0.287. The summed E-state index contributed by atoms with van der Waals surface area (Å²) >= 11 is 0. The maximum Gasteiger partial charge on any atom is 0.239 e. The molecule has 21 heavy (non-hydrogen) atoms. The van der Waals surface area contributed by atoms with E-state index in [-0.39, 0.29) is 5.60 Å². The summed E-state index contributed by atoms with van der Waals surface area (Å²) in [5.74, 6) is 1.56. The number of hydrogen-bond donors (Lipinski definition) is 1. The summed E-state index contributed by atoms with van der Waals surface area (Å²) in [7, 11) is 0. The molecule has 0 aliphatic carbocycles. The van der Waals surface area contributed by atoms with E-state index in [1.807, 2.05) is 32.9 Å². The second kappa shape index (κ2) is 6.54. The molecule has 1 unspecified atom stereocenters. The molecule has 0 radical (unpaired) electrons. The van der Waals surface area contributed by atoms with Gasteiger partial charge in [0.2, 0.25) is 5.88 Å². The van der Waals surface area contributed by atoms with Crippen molar-refractivity contribution in [3.8, 4) is 5.88 Å². The minimum atomic E-state index is -0.287. The first-order valence-corrected chi connectivity index (χ1v) is 8.13. The molecule has 2 N–H and O–H groups in total. The normalized spacial score (nSPS) is 19.6. The molecular weight excluding hydrogens is 262 g/mol. The van der Waals surface area contributed by atoms with Gasteiger partial charge in [-0.1, -0.05) is 13.3 Å². The van der Waals surface area contributed by atoms with E-state index >= 15 is 0 Å². The number of aromatic nitrogens is 1. The number of rotatable bonds is 4. The van der Waals surface area contributed by atoms with Gasteiger partial charge in [-0.15, -0.1) is 0 Å². The van der Waals surface area contributed by atoms with Gasteiger partial charge in [0.15, 0.2) is 0 Å². The van der Waals surface area contributed by atoms with Crippen LogP contribution in [0.4, 0.5) is 11.5 Å².